The van der Waals surface area contributed by atoms with Crippen LogP contribution in [0.15, 0.2) is 23.4 Å². The lowest BCUT2D eigenvalue weighted by atomic mass is 9.79. The number of hydrogen-bond acceptors (Lipinski definition) is 7. The van der Waals surface area contributed by atoms with Gasteiger partial charge in [0.25, 0.3) is 0 Å². The van der Waals surface area contributed by atoms with Crippen LogP contribution in [0, 0.1) is 0 Å². The Bertz CT molecular complexity index is 996. The Morgan fingerprint density at radius 1 is 1.18 bits per heavy atom. The van der Waals surface area contributed by atoms with E-state index in [-0.39, 0.29) is 17.4 Å². The normalized spacial score (nSPS) is 18.6. The Morgan fingerprint density at radius 3 is 2.65 bits per heavy atom. The molecule has 8 nitrogen and oxygen atoms in total. The van der Waals surface area contributed by atoms with E-state index in [0.29, 0.717) is 24.5 Å². The number of morpholine rings is 1. The summed E-state index contributed by atoms with van der Waals surface area (Å²) in [5.74, 6) is -0.00108. The van der Waals surface area contributed by atoms with Crippen molar-refractivity contribution in [2.24, 2.45) is 0 Å². The quantitative estimate of drug-likeness (QED) is 0.427. The molecule has 2 heterocycles. The lowest BCUT2D eigenvalue weighted by molar-refractivity contribution is -0.119. The minimum Gasteiger partial charge on any atom is -0.462 e. The highest BCUT2D eigenvalue weighted by molar-refractivity contribution is 7.99. The van der Waals surface area contributed by atoms with E-state index in [1.54, 1.807) is 19.1 Å². The number of aromatic nitrogens is 2. The Labute approximate surface area is 205 Å². The maximum absolute atomic E-state index is 12.8. The first-order valence-corrected chi connectivity index (χ1v) is 13.4. The number of nitrogens with one attached hydrogen (secondary N) is 1. The molecule has 1 aromatic heterocycles. The Morgan fingerprint density at radius 2 is 1.94 bits per heavy atom. The van der Waals surface area contributed by atoms with Gasteiger partial charge in [0.1, 0.15) is 0 Å². The van der Waals surface area contributed by atoms with Crippen molar-refractivity contribution in [3.8, 4) is 0 Å². The number of ether oxygens (including phenoxy) is 2. The van der Waals surface area contributed by atoms with Gasteiger partial charge < -0.3 is 19.4 Å². The number of nitrogens with zero attached hydrogens (tertiary/aromatic N) is 3. The van der Waals surface area contributed by atoms with Crippen molar-refractivity contribution < 1.29 is 19.1 Å². The van der Waals surface area contributed by atoms with Crippen LogP contribution in [0.1, 0.15) is 56.3 Å². The number of rotatable bonds is 9. The molecule has 186 valence electrons. The summed E-state index contributed by atoms with van der Waals surface area (Å²) in [4.78, 5) is 32.2. The lowest BCUT2D eigenvalue weighted by Crippen LogP contribution is -2.59. The smallest absolute Gasteiger partial charge is 0.338 e. The average Bonchev–Trinajstić information content (AvgIpc) is 3.24. The predicted molar refractivity (Wildman–Crippen MR) is 133 cm³/mol. The summed E-state index contributed by atoms with van der Waals surface area (Å²) in [5, 5.41) is 4.02. The van der Waals surface area contributed by atoms with E-state index in [4.69, 9.17) is 14.5 Å². The van der Waals surface area contributed by atoms with Gasteiger partial charge in [0.2, 0.25) is 5.91 Å². The van der Waals surface area contributed by atoms with Gasteiger partial charge in [0.15, 0.2) is 5.16 Å². The second-order valence-corrected chi connectivity index (χ2v) is 9.95. The number of esters is 1. The second-order valence-electron chi connectivity index (χ2n) is 9.01. The molecule has 2 aromatic rings. The SMILES string of the molecule is CCOC(=O)c1ccc2c(c1)nc(SCC(=O)NCC1(N3CCOCC3)CCCCC1)n2CC. The van der Waals surface area contributed by atoms with Crippen LogP contribution in [-0.2, 0) is 20.8 Å². The fourth-order valence-electron chi connectivity index (χ4n) is 5.16. The Kier molecular flexibility index (Phi) is 8.50. The third-order valence-corrected chi connectivity index (χ3v) is 7.93. The molecule has 0 spiro atoms. The molecule has 2 fully saturated rings. The monoisotopic (exact) mass is 488 g/mol. The van der Waals surface area contributed by atoms with Crippen LogP contribution in [-0.4, -0.2) is 77.1 Å². The van der Waals surface area contributed by atoms with Crippen molar-refractivity contribution in [3.05, 3.63) is 23.8 Å². The molecule has 1 saturated heterocycles. The summed E-state index contributed by atoms with van der Waals surface area (Å²) in [6, 6.07) is 5.43. The molecule has 1 aromatic carbocycles. The van der Waals surface area contributed by atoms with E-state index in [1.165, 1.54) is 31.0 Å². The highest BCUT2D eigenvalue weighted by Gasteiger charge is 2.38. The molecule has 2 aliphatic rings. The molecule has 34 heavy (non-hydrogen) atoms. The number of aryl methyl sites for hydroxylation is 1. The molecular weight excluding hydrogens is 452 g/mol. The fraction of sp³-hybridized carbons (Fsp3) is 0.640. The van der Waals surface area contributed by atoms with Crippen molar-refractivity contribution in [3.63, 3.8) is 0 Å². The zero-order valence-corrected chi connectivity index (χ0v) is 21.1. The van der Waals surface area contributed by atoms with Gasteiger partial charge in [-0.25, -0.2) is 9.78 Å². The Hall–Kier alpha value is -2.10. The molecule has 4 rings (SSSR count). The average molecular weight is 489 g/mol. The number of amides is 1. The van der Waals surface area contributed by atoms with E-state index >= 15 is 0 Å². The number of carbonyl (C=O) groups is 2. The van der Waals surface area contributed by atoms with Gasteiger partial charge >= 0.3 is 5.97 Å². The maximum Gasteiger partial charge on any atom is 0.338 e. The molecule has 1 aliphatic heterocycles. The summed E-state index contributed by atoms with van der Waals surface area (Å²) in [7, 11) is 0. The first kappa shape index (κ1) is 25.0. The van der Waals surface area contributed by atoms with Gasteiger partial charge in [0, 0.05) is 31.7 Å². The summed E-state index contributed by atoms with van der Waals surface area (Å²) in [5.41, 5.74) is 2.24. The molecular formula is C25H36N4O4S. The molecule has 0 unspecified atom stereocenters. The lowest BCUT2D eigenvalue weighted by Gasteiger charge is -2.48. The van der Waals surface area contributed by atoms with Gasteiger partial charge in [-0.05, 0) is 44.9 Å². The molecule has 1 aliphatic carbocycles. The number of imidazole rings is 1. The topological polar surface area (TPSA) is 85.7 Å². The minimum atomic E-state index is -0.346. The third kappa shape index (κ3) is 5.58. The molecule has 1 saturated carbocycles. The van der Waals surface area contributed by atoms with Gasteiger partial charge in [-0.2, -0.15) is 0 Å². The number of benzene rings is 1. The van der Waals surface area contributed by atoms with Gasteiger partial charge in [-0.15, -0.1) is 0 Å². The van der Waals surface area contributed by atoms with Crippen molar-refractivity contribution >= 4 is 34.7 Å². The summed E-state index contributed by atoms with van der Waals surface area (Å²) >= 11 is 1.44. The van der Waals surface area contributed by atoms with Crippen LogP contribution in [0.3, 0.4) is 0 Å². The zero-order valence-electron chi connectivity index (χ0n) is 20.3. The molecule has 1 amide bonds. The van der Waals surface area contributed by atoms with Crippen LogP contribution in [0.5, 0.6) is 0 Å². The van der Waals surface area contributed by atoms with Gasteiger partial charge in [-0.3, -0.25) is 9.69 Å². The molecule has 0 bridgehead atoms. The standard InChI is InChI=1S/C25H36N4O4S/c1-3-29-21-9-8-19(23(31)33-4-2)16-20(21)27-24(29)34-17-22(30)26-18-25(10-6-5-7-11-25)28-12-14-32-15-13-28/h8-9,16H,3-7,10-15,17-18H2,1-2H3,(H,26,30). The number of fused-ring (bicyclic) bond motifs is 1. The molecule has 9 heteroatoms. The minimum absolute atomic E-state index is 0.0325. The maximum atomic E-state index is 12.8. The molecule has 1 N–H and O–H groups in total. The predicted octanol–water partition coefficient (Wildman–Crippen LogP) is 3.48. The fourth-order valence-corrected chi connectivity index (χ4v) is 6.07. The summed E-state index contributed by atoms with van der Waals surface area (Å²) in [6.07, 6.45) is 5.98. The zero-order chi connectivity index (χ0) is 24.0. The van der Waals surface area contributed by atoms with Crippen LogP contribution in [0.2, 0.25) is 0 Å². The van der Waals surface area contributed by atoms with Crippen molar-refractivity contribution in [2.75, 3.05) is 45.2 Å². The van der Waals surface area contributed by atoms with Crippen LogP contribution in [0.4, 0.5) is 0 Å². The van der Waals surface area contributed by atoms with Gasteiger partial charge in [0.05, 0.1) is 42.2 Å². The molecule has 0 atom stereocenters. The van der Waals surface area contributed by atoms with Crippen LogP contribution >= 0.6 is 11.8 Å². The highest BCUT2D eigenvalue weighted by atomic mass is 32.2. The summed E-state index contributed by atoms with van der Waals surface area (Å²) < 4.78 is 12.7. The van der Waals surface area contributed by atoms with E-state index in [2.05, 4.69) is 21.7 Å². The van der Waals surface area contributed by atoms with E-state index in [1.807, 2.05) is 6.07 Å². The third-order valence-electron chi connectivity index (χ3n) is 6.95. The number of hydrogen-bond donors (Lipinski definition) is 1. The van der Waals surface area contributed by atoms with Gasteiger partial charge in [-0.1, -0.05) is 31.0 Å². The largest absolute Gasteiger partial charge is 0.462 e. The van der Waals surface area contributed by atoms with E-state index in [0.717, 1.165) is 61.9 Å². The summed E-state index contributed by atoms with van der Waals surface area (Å²) in [6.45, 7) is 9.05. The first-order chi connectivity index (χ1) is 16.6. The molecule has 0 radical (unpaired) electrons. The number of carbonyl (C=O) groups excluding carboxylic acids is 2. The van der Waals surface area contributed by atoms with Crippen LogP contribution in [0.25, 0.3) is 11.0 Å². The van der Waals surface area contributed by atoms with Crippen LogP contribution < -0.4 is 5.32 Å². The van der Waals surface area contributed by atoms with E-state index < -0.39 is 0 Å². The Balaban J connectivity index is 1.39. The highest BCUT2D eigenvalue weighted by Crippen LogP contribution is 2.34. The number of thioether (sulfide) groups is 1. The first-order valence-electron chi connectivity index (χ1n) is 12.5. The van der Waals surface area contributed by atoms with Crippen molar-refractivity contribution in [2.45, 2.75) is 63.2 Å². The van der Waals surface area contributed by atoms with Crippen molar-refractivity contribution in [1.29, 1.82) is 0 Å². The second kappa shape index (κ2) is 11.6. The van der Waals surface area contributed by atoms with Crippen molar-refractivity contribution in [1.82, 2.24) is 19.8 Å². The van der Waals surface area contributed by atoms with E-state index in [9.17, 15) is 9.59 Å².